The predicted octanol–water partition coefficient (Wildman–Crippen LogP) is 2.15. The molecule has 0 aromatic carbocycles. The maximum Gasteiger partial charge on any atom is 0.0923 e. The van der Waals surface area contributed by atoms with Crippen LogP contribution in [0.15, 0.2) is 24.9 Å². The Morgan fingerprint density at radius 3 is 3.00 bits per heavy atom. The van der Waals surface area contributed by atoms with Gasteiger partial charge in [0, 0.05) is 5.56 Å². The zero-order valence-electron chi connectivity index (χ0n) is 6.49. The molecule has 1 aromatic rings. The molecule has 56 valence electrons. The molecule has 1 aromatic heterocycles. The van der Waals surface area contributed by atoms with Gasteiger partial charge in [0.05, 0.1) is 11.9 Å². The molecule has 0 fully saturated rings. The lowest BCUT2D eigenvalue weighted by atomic mass is 10.2. The minimum Gasteiger partial charge on any atom is -0.159 e. The summed E-state index contributed by atoms with van der Waals surface area (Å²) in [6, 6.07) is 1.91. The highest BCUT2D eigenvalue weighted by molar-refractivity contribution is 5.60. The molecule has 2 heteroatoms. The van der Waals surface area contributed by atoms with Gasteiger partial charge >= 0.3 is 0 Å². The van der Waals surface area contributed by atoms with Crippen molar-refractivity contribution in [3.05, 3.63) is 36.2 Å². The smallest absolute Gasteiger partial charge is 0.0923 e. The first-order chi connectivity index (χ1) is 5.38. The van der Waals surface area contributed by atoms with Crippen LogP contribution in [-0.4, -0.2) is 10.2 Å². The summed E-state index contributed by atoms with van der Waals surface area (Å²) in [5, 5.41) is 7.64. The molecule has 0 aliphatic rings. The maximum absolute atomic E-state index is 3.90. The Balaban J connectivity index is 3.11. The van der Waals surface area contributed by atoms with E-state index in [0.717, 1.165) is 11.3 Å². The van der Waals surface area contributed by atoms with Gasteiger partial charge < -0.3 is 0 Å². The maximum atomic E-state index is 3.90. The third-order valence-electron chi connectivity index (χ3n) is 1.32. The van der Waals surface area contributed by atoms with Crippen LogP contribution in [0, 0.1) is 0 Å². The molecule has 0 N–H and O–H groups in total. The number of nitrogens with zero attached hydrogens (tertiary/aromatic N) is 2. The van der Waals surface area contributed by atoms with Gasteiger partial charge in [0.25, 0.3) is 0 Å². The monoisotopic (exact) mass is 146 g/mol. The van der Waals surface area contributed by atoms with Crippen molar-refractivity contribution in [3.8, 4) is 0 Å². The van der Waals surface area contributed by atoms with E-state index < -0.39 is 0 Å². The summed E-state index contributed by atoms with van der Waals surface area (Å²) in [5.41, 5.74) is 1.88. The summed E-state index contributed by atoms with van der Waals surface area (Å²) >= 11 is 0. The average Bonchev–Trinajstić information content (AvgIpc) is 2.06. The Labute approximate surface area is 66.3 Å². The van der Waals surface area contributed by atoms with Gasteiger partial charge in [-0.15, -0.1) is 0 Å². The molecule has 0 atom stereocenters. The van der Waals surface area contributed by atoms with Gasteiger partial charge in [0.15, 0.2) is 0 Å². The molecule has 0 saturated heterocycles. The van der Waals surface area contributed by atoms with Crippen molar-refractivity contribution in [2.45, 2.75) is 6.92 Å². The van der Waals surface area contributed by atoms with Crippen molar-refractivity contribution < 1.29 is 0 Å². The van der Waals surface area contributed by atoms with E-state index in [-0.39, 0.29) is 0 Å². The fourth-order valence-electron chi connectivity index (χ4n) is 0.831. The lowest BCUT2D eigenvalue weighted by Crippen LogP contribution is -1.87. The predicted molar refractivity (Wildman–Crippen MR) is 46.8 cm³/mol. The molecular weight excluding hydrogens is 136 g/mol. The van der Waals surface area contributed by atoms with Crippen molar-refractivity contribution in [1.82, 2.24) is 10.2 Å². The van der Waals surface area contributed by atoms with Crippen molar-refractivity contribution in [2.24, 2.45) is 0 Å². The van der Waals surface area contributed by atoms with Crippen LogP contribution in [-0.2, 0) is 0 Å². The van der Waals surface area contributed by atoms with Crippen LogP contribution in [0.4, 0.5) is 0 Å². The Hall–Kier alpha value is -1.44. The Morgan fingerprint density at radius 1 is 1.55 bits per heavy atom. The van der Waals surface area contributed by atoms with E-state index in [1.165, 1.54) is 0 Å². The second-order valence-electron chi connectivity index (χ2n) is 2.08. The van der Waals surface area contributed by atoms with E-state index >= 15 is 0 Å². The summed E-state index contributed by atoms with van der Waals surface area (Å²) in [6.45, 7) is 5.60. The molecule has 0 aliphatic heterocycles. The van der Waals surface area contributed by atoms with Gasteiger partial charge in [-0.2, -0.15) is 10.2 Å². The van der Waals surface area contributed by atoms with Crippen LogP contribution in [0.2, 0.25) is 0 Å². The summed E-state index contributed by atoms with van der Waals surface area (Å²) in [7, 11) is 0. The van der Waals surface area contributed by atoms with Crippen LogP contribution in [0.3, 0.4) is 0 Å². The molecule has 1 heterocycles. The van der Waals surface area contributed by atoms with Crippen LogP contribution < -0.4 is 0 Å². The molecular formula is C9H10N2. The summed E-state index contributed by atoms with van der Waals surface area (Å²) in [4.78, 5) is 0. The minimum atomic E-state index is 0.825. The zero-order valence-corrected chi connectivity index (χ0v) is 6.49. The fourth-order valence-corrected chi connectivity index (χ4v) is 0.831. The zero-order chi connectivity index (χ0) is 8.10. The van der Waals surface area contributed by atoms with E-state index in [2.05, 4.69) is 16.8 Å². The average molecular weight is 146 g/mol. The highest BCUT2D eigenvalue weighted by Gasteiger charge is 1.93. The van der Waals surface area contributed by atoms with E-state index in [0.29, 0.717) is 0 Å². The van der Waals surface area contributed by atoms with Crippen LogP contribution in [0.1, 0.15) is 18.2 Å². The second kappa shape index (κ2) is 3.66. The molecule has 0 amide bonds. The summed E-state index contributed by atoms with van der Waals surface area (Å²) < 4.78 is 0. The van der Waals surface area contributed by atoms with Gasteiger partial charge in [0.2, 0.25) is 0 Å². The summed E-state index contributed by atoms with van der Waals surface area (Å²) in [6.07, 6.45) is 7.31. The SMILES string of the molecule is C=Cc1nnccc1/C=C\C. The lowest BCUT2D eigenvalue weighted by Gasteiger charge is -1.95. The highest BCUT2D eigenvalue weighted by Crippen LogP contribution is 2.06. The molecule has 0 saturated carbocycles. The summed E-state index contributed by atoms with van der Waals surface area (Å²) in [5.74, 6) is 0. The van der Waals surface area contributed by atoms with Crippen LogP contribution >= 0.6 is 0 Å². The number of hydrogen-bond acceptors (Lipinski definition) is 2. The normalized spacial score (nSPS) is 10.3. The Bertz CT molecular complexity index is 277. The molecule has 0 radical (unpaired) electrons. The number of rotatable bonds is 2. The first-order valence-electron chi connectivity index (χ1n) is 3.45. The third-order valence-corrected chi connectivity index (χ3v) is 1.32. The van der Waals surface area contributed by atoms with Crippen molar-refractivity contribution in [3.63, 3.8) is 0 Å². The Morgan fingerprint density at radius 2 is 2.36 bits per heavy atom. The van der Waals surface area contributed by atoms with E-state index in [1.807, 2.05) is 25.1 Å². The van der Waals surface area contributed by atoms with E-state index in [1.54, 1.807) is 12.3 Å². The highest BCUT2D eigenvalue weighted by atomic mass is 15.1. The quantitative estimate of drug-likeness (QED) is 0.639. The standard InChI is InChI=1S/C9H10N2/c1-3-5-8-6-7-10-11-9(8)4-2/h3-7H,2H2,1H3/b5-3-. The molecule has 2 nitrogen and oxygen atoms in total. The number of allylic oxidation sites excluding steroid dienone is 1. The number of aromatic nitrogens is 2. The van der Waals surface area contributed by atoms with Crippen molar-refractivity contribution in [1.29, 1.82) is 0 Å². The second-order valence-corrected chi connectivity index (χ2v) is 2.08. The van der Waals surface area contributed by atoms with Gasteiger partial charge in [-0.25, -0.2) is 0 Å². The molecule has 0 spiro atoms. The van der Waals surface area contributed by atoms with Gasteiger partial charge in [-0.05, 0) is 19.1 Å². The largest absolute Gasteiger partial charge is 0.159 e. The van der Waals surface area contributed by atoms with Crippen molar-refractivity contribution in [2.75, 3.05) is 0 Å². The number of hydrogen-bond donors (Lipinski definition) is 0. The molecule has 0 bridgehead atoms. The first-order valence-corrected chi connectivity index (χ1v) is 3.45. The van der Waals surface area contributed by atoms with Gasteiger partial charge in [0.1, 0.15) is 0 Å². The first kappa shape index (κ1) is 7.66. The third kappa shape index (κ3) is 1.74. The van der Waals surface area contributed by atoms with Gasteiger partial charge in [-0.3, -0.25) is 0 Å². The lowest BCUT2D eigenvalue weighted by molar-refractivity contribution is 1.01. The molecule has 1 rings (SSSR count). The van der Waals surface area contributed by atoms with Crippen LogP contribution in [0.5, 0.6) is 0 Å². The topological polar surface area (TPSA) is 25.8 Å². The molecule has 0 aliphatic carbocycles. The minimum absolute atomic E-state index is 0.825. The molecule has 0 unspecified atom stereocenters. The van der Waals surface area contributed by atoms with Gasteiger partial charge in [-0.1, -0.05) is 18.7 Å². The fraction of sp³-hybridized carbons (Fsp3) is 0.111. The van der Waals surface area contributed by atoms with Crippen molar-refractivity contribution >= 4 is 12.2 Å². The Kier molecular flexibility index (Phi) is 2.55. The van der Waals surface area contributed by atoms with E-state index in [4.69, 9.17) is 0 Å². The van der Waals surface area contributed by atoms with E-state index in [9.17, 15) is 0 Å². The van der Waals surface area contributed by atoms with Crippen LogP contribution in [0.25, 0.3) is 12.2 Å². The molecule has 11 heavy (non-hydrogen) atoms.